The van der Waals surface area contributed by atoms with E-state index in [1.165, 1.54) is 0 Å². The van der Waals surface area contributed by atoms with Crippen LogP contribution in [0.2, 0.25) is 0 Å². The van der Waals surface area contributed by atoms with E-state index in [0.29, 0.717) is 24.9 Å². The van der Waals surface area contributed by atoms with Crippen molar-refractivity contribution >= 4 is 11.8 Å². The molecule has 2 amide bonds. The van der Waals surface area contributed by atoms with Crippen LogP contribution in [0.15, 0.2) is 30.3 Å². The van der Waals surface area contributed by atoms with E-state index in [2.05, 4.69) is 22.3 Å². The summed E-state index contributed by atoms with van der Waals surface area (Å²) >= 11 is 0. The van der Waals surface area contributed by atoms with Gasteiger partial charge in [-0.25, -0.2) is 0 Å². The molecule has 3 heterocycles. The zero-order valence-electron chi connectivity index (χ0n) is 17.4. The first-order valence-corrected chi connectivity index (χ1v) is 10.9. The van der Waals surface area contributed by atoms with Crippen LogP contribution in [0, 0.1) is 11.8 Å². The normalized spacial score (nSPS) is 34.1. The second-order valence-electron chi connectivity index (χ2n) is 9.65. The Labute approximate surface area is 172 Å². The number of carbonyl (C=O) groups excluding carboxylic acids is 2. The number of ether oxygens (including phenoxy) is 1. The second-order valence-corrected chi connectivity index (χ2v) is 9.65. The number of carbonyl (C=O) groups is 2. The van der Waals surface area contributed by atoms with Crippen LogP contribution in [-0.2, 0) is 19.7 Å². The van der Waals surface area contributed by atoms with Gasteiger partial charge in [-0.1, -0.05) is 30.3 Å². The van der Waals surface area contributed by atoms with Gasteiger partial charge in [0, 0.05) is 45.6 Å². The van der Waals surface area contributed by atoms with Gasteiger partial charge in [-0.05, 0) is 31.2 Å². The van der Waals surface area contributed by atoms with E-state index in [-0.39, 0.29) is 28.9 Å². The summed E-state index contributed by atoms with van der Waals surface area (Å²) in [5.74, 6) is 1.06. The van der Waals surface area contributed by atoms with Crippen molar-refractivity contribution in [2.24, 2.45) is 11.8 Å². The Morgan fingerprint density at radius 3 is 2.66 bits per heavy atom. The molecule has 6 heteroatoms. The van der Waals surface area contributed by atoms with Crippen molar-refractivity contribution < 1.29 is 14.3 Å². The zero-order chi connectivity index (χ0) is 20.2. The van der Waals surface area contributed by atoms with Crippen LogP contribution in [0.1, 0.15) is 31.2 Å². The zero-order valence-corrected chi connectivity index (χ0v) is 17.4. The van der Waals surface area contributed by atoms with Crippen molar-refractivity contribution in [2.45, 2.75) is 42.8 Å². The number of likely N-dealkylation sites (N-methyl/N-ethyl adjacent to an activating group) is 1. The summed E-state index contributed by atoms with van der Waals surface area (Å²) in [6.07, 6.45) is 4.26. The first-order valence-electron chi connectivity index (χ1n) is 10.9. The molecule has 1 N–H and O–H groups in total. The van der Waals surface area contributed by atoms with E-state index in [1.807, 2.05) is 18.2 Å². The molecule has 4 atom stereocenters. The van der Waals surface area contributed by atoms with Gasteiger partial charge in [-0.2, -0.15) is 0 Å². The lowest BCUT2D eigenvalue weighted by molar-refractivity contribution is -0.130. The average molecular weight is 398 g/mol. The maximum absolute atomic E-state index is 13.1. The highest BCUT2D eigenvalue weighted by molar-refractivity contribution is 5.91. The van der Waals surface area contributed by atoms with Crippen molar-refractivity contribution in [1.82, 2.24) is 15.1 Å². The maximum atomic E-state index is 13.1. The Morgan fingerprint density at radius 2 is 1.97 bits per heavy atom. The summed E-state index contributed by atoms with van der Waals surface area (Å²) in [7, 11) is 3.61. The van der Waals surface area contributed by atoms with Crippen LogP contribution >= 0.6 is 0 Å². The SMILES string of the molecule is CN(C)C(=O)CN1C[C@@H]2[C@H](CNC(=O)C3(c4ccccc4)CC3)[C@H]3CC[C@]2(C1)O3. The topological polar surface area (TPSA) is 61.9 Å². The van der Waals surface area contributed by atoms with Crippen LogP contribution in [0.3, 0.4) is 0 Å². The third-order valence-corrected chi connectivity index (χ3v) is 7.72. The van der Waals surface area contributed by atoms with Gasteiger partial charge in [-0.3, -0.25) is 14.5 Å². The summed E-state index contributed by atoms with van der Waals surface area (Å²) in [5.41, 5.74) is 0.702. The molecule has 0 aromatic heterocycles. The molecule has 0 radical (unpaired) electrons. The lowest BCUT2D eigenvalue weighted by Gasteiger charge is -2.30. The highest BCUT2D eigenvalue weighted by Gasteiger charge is 2.63. The van der Waals surface area contributed by atoms with E-state index in [9.17, 15) is 9.59 Å². The predicted octanol–water partition coefficient (Wildman–Crippen LogP) is 1.40. The molecule has 0 unspecified atom stereocenters. The smallest absolute Gasteiger partial charge is 0.236 e. The molecule has 3 saturated heterocycles. The van der Waals surface area contributed by atoms with Gasteiger partial charge in [0.15, 0.2) is 0 Å². The number of rotatable bonds is 6. The Morgan fingerprint density at radius 1 is 1.21 bits per heavy atom. The fourth-order valence-electron chi connectivity index (χ4n) is 5.92. The number of nitrogens with one attached hydrogen (secondary N) is 1. The summed E-state index contributed by atoms with van der Waals surface area (Å²) < 4.78 is 6.47. The molecule has 4 aliphatic rings. The van der Waals surface area contributed by atoms with Gasteiger partial charge in [0.25, 0.3) is 0 Å². The van der Waals surface area contributed by atoms with E-state index < -0.39 is 0 Å². The predicted molar refractivity (Wildman–Crippen MR) is 109 cm³/mol. The highest BCUT2D eigenvalue weighted by atomic mass is 16.5. The number of hydrogen-bond donors (Lipinski definition) is 1. The molecule has 3 aliphatic heterocycles. The minimum Gasteiger partial charge on any atom is -0.370 e. The molecule has 1 saturated carbocycles. The fraction of sp³-hybridized carbons (Fsp3) is 0.652. The molecule has 4 fully saturated rings. The minimum atomic E-state index is -0.322. The van der Waals surface area contributed by atoms with Crippen LogP contribution in [0.25, 0.3) is 0 Å². The van der Waals surface area contributed by atoms with Gasteiger partial charge < -0.3 is 15.0 Å². The summed E-state index contributed by atoms with van der Waals surface area (Å²) in [6.45, 7) is 2.86. The number of fused-ring (bicyclic) bond motifs is 1. The van der Waals surface area contributed by atoms with Crippen molar-refractivity contribution in [2.75, 3.05) is 40.3 Å². The molecule has 1 aliphatic carbocycles. The Hall–Kier alpha value is -1.92. The maximum Gasteiger partial charge on any atom is 0.236 e. The Bertz CT molecular complexity index is 807. The van der Waals surface area contributed by atoms with Crippen LogP contribution < -0.4 is 5.32 Å². The molecule has 1 aromatic carbocycles. The fourth-order valence-corrected chi connectivity index (χ4v) is 5.92. The average Bonchev–Trinajstić information content (AvgIpc) is 3.20. The standard InChI is InChI=1S/C23H31N3O3/c1-25(2)20(27)14-26-13-18-17(19-8-9-23(18,15-26)29-19)12-24-21(28)22(10-11-22)16-6-4-3-5-7-16/h3-7,17-19H,8-15H2,1-2H3,(H,24,28)/t17-,18+,19+,23+/m0/s1. The number of amides is 2. The van der Waals surface area contributed by atoms with Gasteiger partial charge in [-0.15, -0.1) is 0 Å². The number of nitrogens with zero attached hydrogens (tertiary/aromatic N) is 2. The van der Waals surface area contributed by atoms with Crippen molar-refractivity contribution in [3.05, 3.63) is 35.9 Å². The minimum absolute atomic E-state index is 0.108. The number of likely N-dealkylation sites (tertiary alicyclic amines) is 1. The van der Waals surface area contributed by atoms with Gasteiger partial charge in [0.05, 0.1) is 23.7 Å². The molecular formula is C23H31N3O3. The van der Waals surface area contributed by atoms with Crippen molar-refractivity contribution in [3.8, 4) is 0 Å². The molecule has 1 aromatic rings. The first kappa shape index (κ1) is 19.1. The molecule has 156 valence electrons. The lowest BCUT2D eigenvalue weighted by atomic mass is 9.73. The summed E-state index contributed by atoms with van der Waals surface area (Å²) in [6, 6.07) is 10.2. The first-order chi connectivity index (χ1) is 13.9. The number of hydrogen-bond acceptors (Lipinski definition) is 4. The molecular weight excluding hydrogens is 366 g/mol. The van der Waals surface area contributed by atoms with Crippen LogP contribution in [0.5, 0.6) is 0 Å². The highest BCUT2D eigenvalue weighted by Crippen LogP contribution is 2.55. The van der Waals surface area contributed by atoms with E-state index >= 15 is 0 Å². The van der Waals surface area contributed by atoms with Gasteiger partial charge in [0.2, 0.25) is 11.8 Å². The summed E-state index contributed by atoms with van der Waals surface area (Å²) in [4.78, 5) is 29.1. The molecule has 29 heavy (non-hydrogen) atoms. The molecule has 1 spiro atoms. The van der Waals surface area contributed by atoms with Crippen LogP contribution in [-0.4, -0.2) is 73.6 Å². The molecule has 5 rings (SSSR count). The quantitative estimate of drug-likeness (QED) is 0.788. The third-order valence-electron chi connectivity index (χ3n) is 7.72. The van der Waals surface area contributed by atoms with E-state index in [4.69, 9.17) is 4.74 Å². The molecule has 6 nitrogen and oxygen atoms in total. The molecule has 2 bridgehead atoms. The summed E-state index contributed by atoms with van der Waals surface area (Å²) in [5, 5.41) is 3.28. The Balaban J connectivity index is 1.24. The van der Waals surface area contributed by atoms with E-state index in [0.717, 1.165) is 44.3 Å². The number of benzene rings is 1. The monoisotopic (exact) mass is 397 g/mol. The lowest BCUT2D eigenvalue weighted by Crippen LogP contribution is -2.44. The van der Waals surface area contributed by atoms with Gasteiger partial charge in [0.1, 0.15) is 0 Å². The largest absolute Gasteiger partial charge is 0.370 e. The van der Waals surface area contributed by atoms with Crippen LogP contribution in [0.4, 0.5) is 0 Å². The van der Waals surface area contributed by atoms with Crippen molar-refractivity contribution in [3.63, 3.8) is 0 Å². The second kappa shape index (κ2) is 6.81. The van der Waals surface area contributed by atoms with E-state index in [1.54, 1.807) is 19.0 Å². The Kier molecular flexibility index (Phi) is 4.48. The third kappa shape index (κ3) is 3.08. The van der Waals surface area contributed by atoms with Gasteiger partial charge >= 0.3 is 0 Å². The van der Waals surface area contributed by atoms with Crippen molar-refractivity contribution in [1.29, 1.82) is 0 Å².